The number of amides is 1. The van der Waals surface area contributed by atoms with Crippen molar-refractivity contribution >= 4 is 17.4 Å². The summed E-state index contributed by atoms with van der Waals surface area (Å²) in [6.07, 6.45) is 0. The number of nitrogens with zero attached hydrogens (tertiary/aromatic N) is 1. The van der Waals surface area contributed by atoms with Gasteiger partial charge in [0.2, 0.25) is 0 Å². The summed E-state index contributed by atoms with van der Waals surface area (Å²) in [5.74, 6) is -0.370. The topological polar surface area (TPSA) is 85.3 Å². The summed E-state index contributed by atoms with van der Waals surface area (Å²) >= 11 is 0. The van der Waals surface area contributed by atoms with Gasteiger partial charge in [-0.3, -0.25) is 9.59 Å². The number of Topliss-reactive ketones (excluding diaryl/α,β-unsaturated/α-hetero) is 1. The molecule has 36 heavy (non-hydrogen) atoms. The molecular formula is C29H29NO6. The zero-order chi connectivity index (χ0) is 25.7. The van der Waals surface area contributed by atoms with E-state index in [0.717, 1.165) is 11.1 Å². The van der Waals surface area contributed by atoms with Crippen molar-refractivity contribution in [1.29, 1.82) is 0 Å². The number of carbonyl (C=O) groups is 2. The fourth-order valence-electron chi connectivity index (χ4n) is 4.27. The van der Waals surface area contributed by atoms with Crippen molar-refractivity contribution in [3.63, 3.8) is 0 Å². The van der Waals surface area contributed by atoms with Crippen LogP contribution in [0.15, 0.2) is 78.4 Å². The molecule has 1 heterocycles. The predicted molar refractivity (Wildman–Crippen MR) is 136 cm³/mol. The summed E-state index contributed by atoms with van der Waals surface area (Å²) in [7, 11) is 3.09. The molecule has 1 atom stereocenters. The molecule has 7 heteroatoms. The molecule has 3 aromatic carbocycles. The zero-order valence-electron chi connectivity index (χ0n) is 20.6. The smallest absolute Gasteiger partial charge is 0.295 e. The second kappa shape index (κ2) is 11.1. The van der Waals surface area contributed by atoms with Crippen molar-refractivity contribution in [3.05, 3.63) is 101 Å². The minimum absolute atomic E-state index is 0.0368. The van der Waals surface area contributed by atoms with Crippen LogP contribution in [0, 0.1) is 6.92 Å². The maximum atomic E-state index is 13.1. The largest absolute Gasteiger partial charge is 0.507 e. The van der Waals surface area contributed by atoms with Crippen molar-refractivity contribution in [3.8, 4) is 11.5 Å². The van der Waals surface area contributed by atoms with E-state index in [2.05, 4.69) is 6.07 Å². The Kier molecular flexibility index (Phi) is 7.71. The Morgan fingerprint density at radius 1 is 0.944 bits per heavy atom. The first-order valence-electron chi connectivity index (χ1n) is 11.6. The number of aliphatic hydroxyl groups is 1. The average Bonchev–Trinajstić information content (AvgIpc) is 3.15. The summed E-state index contributed by atoms with van der Waals surface area (Å²) in [6, 6.07) is 21.2. The Bertz CT molecular complexity index is 1260. The van der Waals surface area contributed by atoms with E-state index >= 15 is 0 Å². The lowest BCUT2D eigenvalue weighted by molar-refractivity contribution is -0.140. The number of carbonyl (C=O) groups excluding carboxylic acids is 2. The van der Waals surface area contributed by atoms with Crippen molar-refractivity contribution in [2.45, 2.75) is 19.6 Å². The first-order chi connectivity index (χ1) is 17.4. The SMILES string of the molecule is COCCN1C(=O)C(=O)/C(=C(/O)c2ccc(OCc3cccc(C)c3)cc2)[C@H]1c1ccc(OC)cc1. The third kappa shape index (κ3) is 5.26. The van der Waals surface area contributed by atoms with E-state index < -0.39 is 17.7 Å². The highest BCUT2D eigenvalue weighted by Crippen LogP contribution is 2.39. The molecule has 3 aromatic rings. The van der Waals surface area contributed by atoms with Gasteiger partial charge in [0, 0.05) is 19.2 Å². The van der Waals surface area contributed by atoms with Gasteiger partial charge in [-0.1, -0.05) is 42.0 Å². The molecule has 1 aliphatic heterocycles. The first kappa shape index (κ1) is 25.0. The molecule has 7 nitrogen and oxygen atoms in total. The van der Waals surface area contributed by atoms with Crippen LogP contribution in [0.1, 0.15) is 28.3 Å². The van der Waals surface area contributed by atoms with Gasteiger partial charge in [0.15, 0.2) is 0 Å². The quantitative estimate of drug-likeness (QED) is 0.269. The molecule has 1 fully saturated rings. The Morgan fingerprint density at radius 3 is 2.28 bits per heavy atom. The lowest BCUT2D eigenvalue weighted by atomic mass is 9.95. The summed E-state index contributed by atoms with van der Waals surface area (Å²) in [4.78, 5) is 27.4. The standard InChI is InChI=1S/C29H29NO6/c1-19-5-4-6-20(17-19)18-36-24-13-9-22(10-14-24)27(31)25-26(21-7-11-23(35-3)12-8-21)30(15-16-34-2)29(33)28(25)32/h4-14,17,26,31H,15-16,18H2,1-3H3/b27-25+/t26-/m1/s1. The molecule has 0 aromatic heterocycles. The van der Waals surface area contributed by atoms with Crippen molar-refractivity contribution in [2.75, 3.05) is 27.4 Å². The zero-order valence-corrected chi connectivity index (χ0v) is 20.6. The number of ketones is 1. The fourth-order valence-corrected chi connectivity index (χ4v) is 4.27. The Morgan fingerprint density at radius 2 is 1.64 bits per heavy atom. The van der Waals surface area contributed by atoms with Crippen LogP contribution < -0.4 is 9.47 Å². The monoisotopic (exact) mass is 487 g/mol. The third-order valence-corrected chi connectivity index (χ3v) is 6.12. The number of rotatable bonds is 9. The maximum absolute atomic E-state index is 13.1. The first-order valence-corrected chi connectivity index (χ1v) is 11.6. The number of aryl methyl sites for hydroxylation is 1. The van der Waals surface area contributed by atoms with E-state index in [1.54, 1.807) is 55.6 Å². The fraction of sp³-hybridized carbons (Fsp3) is 0.241. The number of benzene rings is 3. The van der Waals surface area contributed by atoms with Crippen molar-refractivity contribution < 1.29 is 28.9 Å². The van der Waals surface area contributed by atoms with Crippen LogP contribution in [-0.4, -0.2) is 49.1 Å². The number of hydrogen-bond donors (Lipinski definition) is 1. The Balaban J connectivity index is 1.64. The van der Waals surface area contributed by atoms with E-state index in [0.29, 0.717) is 29.2 Å². The van der Waals surface area contributed by atoms with Gasteiger partial charge in [-0.05, 0) is 54.4 Å². The molecule has 0 aliphatic carbocycles. The number of likely N-dealkylation sites (tertiary alicyclic amines) is 1. The highest BCUT2D eigenvalue weighted by molar-refractivity contribution is 6.46. The molecule has 0 bridgehead atoms. The molecule has 186 valence electrons. The van der Waals surface area contributed by atoms with Gasteiger partial charge in [0.05, 0.1) is 25.3 Å². The van der Waals surface area contributed by atoms with Crippen LogP contribution in [0.25, 0.3) is 5.76 Å². The molecule has 4 rings (SSSR count). The predicted octanol–water partition coefficient (Wildman–Crippen LogP) is 4.65. The summed E-state index contributed by atoms with van der Waals surface area (Å²) in [5.41, 5.74) is 3.35. The summed E-state index contributed by atoms with van der Waals surface area (Å²) < 4.78 is 16.2. The number of hydrogen-bond acceptors (Lipinski definition) is 6. The lowest BCUT2D eigenvalue weighted by Gasteiger charge is -2.25. The van der Waals surface area contributed by atoms with Crippen molar-refractivity contribution in [2.24, 2.45) is 0 Å². The molecule has 1 N–H and O–H groups in total. The average molecular weight is 488 g/mol. The van der Waals surface area contributed by atoms with Crippen LogP contribution in [0.3, 0.4) is 0 Å². The molecule has 1 saturated heterocycles. The minimum atomic E-state index is -0.747. The van der Waals surface area contributed by atoms with Crippen LogP contribution in [0.2, 0.25) is 0 Å². The molecule has 0 unspecified atom stereocenters. The van der Waals surface area contributed by atoms with E-state index in [1.165, 1.54) is 12.0 Å². The van der Waals surface area contributed by atoms with E-state index in [-0.39, 0.29) is 24.5 Å². The van der Waals surface area contributed by atoms with E-state index in [4.69, 9.17) is 14.2 Å². The normalized spacial score (nSPS) is 16.9. The third-order valence-electron chi connectivity index (χ3n) is 6.12. The van der Waals surface area contributed by atoms with Crippen molar-refractivity contribution in [1.82, 2.24) is 4.90 Å². The van der Waals surface area contributed by atoms with Crippen LogP contribution >= 0.6 is 0 Å². The minimum Gasteiger partial charge on any atom is -0.507 e. The Labute approximate surface area is 210 Å². The Hall–Kier alpha value is -4.10. The highest BCUT2D eigenvalue weighted by atomic mass is 16.5. The van der Waals surface area contributed by atoms with Gasteiger partial charge in [-0.15, -0.1) is 0 Å². The van der Waals surface area contributed by atoms with E-state index in [9.17, 15) is 14.7 Å². The second-order valence-corrected chi connectivity index (χ2v) is 8.56. The van der Waals surface area contributed by atoms with Gasteiger partial charge in [0.25, 0.3) is 11.7 Å². The number of methoxy groups -OCH3 is 2. The molecule has 1 amide bonds. The van der Waals surface area contributed by atoms with Gasteiger partial charge in [0.1, 0.15) is 23.9 Å². The van der Waals surface area contributed by atoms with Gasteiger partial charge < -0.3 is 24.2 Å². The maximum Gasteiger partial charge on any atom is 0.295 e. The molecule has 0 spiro atoms. The van der Waals surface area contributed by atoms with Gasteiger partial charge in [-0.25, -0.2) is 0 Å². The molecular weight excluding hydrogens is 458 g/mol. The molecule has 1 aliphatic rings. The van der Waals surface area contributed by atoms with E-state index in [1.807, 2.05) is 25.1 Å². The number of aliphatic hydroxyl groups excluding tert-OH is 1. The van der Waals surface area contributed by atoms with Gasteiger partial charge in [-0.2, -0.15) is 0 Å². The van der Waals surface area contributed by atoms with Crippen LogP contribution in [-0.2, 0) is 20.9 Å². The summed E-state index contributed by atoms with van der Waals surface area (Å²) in [5, 5.41) is 11.2. The summed E-state index contributed by atoms with van der Waals surface area (Å²) in [6.45, 7) is 2.90. The molecule has 0 radical (unpaired) electrons. The van der Waals surface area contributed by atoms with Crippen LogP contribution in [0.5, 0.6) is 11.5 Å². The molecule has 0 saturated carbocycles. The second-order valence-electron chi connectivity index (χ2n) is 8.56. The van der Waals surface area contributed by atoms with Gasteiger partial charge >= 0.3 is 0 Å². The number of ether oxygens (including phenoxy) is 3. The lowest BCUT2D eigenvalue weighted by Crippen LogP contribution is -2.32. The highest BCUT2D eigenvalue weighted by Gasteiger charge is 2.45. The van der Waals surface area contributed by atoms with Crippen LogP contribution in [0.4, 0.5) is 0 Å².